The number of amides is 1. The third-order valence-corrected chi connectivity index (χ3v) is 4.12. The minimum absolute atomic E-state index is 0.00285. The van der Waals surface area contributed by atoms with Crippen LogP contribution >= 0.6 is 0 Å². The summed E-state index contributed by atoms with van der Waals surface area (Å²) in [4.78, 5) is 19.3. The minimum atomic E-state index is -0.706. The van der Waals surface area contributed by atoms with Crippen LogP contribution in [0.25, 0.3) is 0 Å². The van der Waals surface area contributed by atoms with Gasteiger partial charge in [-0.3, -0.25) is 0 Å². The summed E-state index contributed by atoms with van der Waals surface area (Å²) >= 11 is 0. The Morgan fingerprint density at radius 1 is 1.45 bits per heavy atom. The number of ether oxygens (including phenoxy) is 1. The van der Waals surface area contributed by atoms with Crippen molar-refractivity contribution in [3.05, 3.63) is 35.6 Å². The molecular weight excluding hydrogens is 287 g/mol. The van der Waals surface area contributed by atoms with Gasteiger partial charge in [0.05, 0.1) is 12.1 Å². The minimum Gasteiger partial charge on any atom is -0.444 e. The second kappa shape index (κ2) is 5.21. The topological polar surface area (TPSA) is 50.8 Å². The molecule has 0 saturated carbocycles. The molecule has 0 unspecified atom stereocenters. The molecule has 0 bridgehead atoms. The number of hydrogen-bond donors (Lipinski definition) is 1. The van der Waals surface area contributed by atoms with Crippen LogP contribution in [0.3, 0.4) is 0 Å². The summed E-state index contributed by atoms with van der Waals surface area (Å²) in [5.74, 6) is -0.298. The standard InChI is InChI=1S/C16H21FN2O3/c1-15(2,3)22-14(20)19-8-11-9-21-18-16(11,10-19)12-6-4-5-7-13(12)17/h4-7,11,18H,8-10H2,1-3H3/t11-,16-/m0/s1. The Balaban J connectivity index is 1.86. The highest BCUT2D eigenvalue weighted by molar-refractivity contribution is 5.69. The predicted octanol–water partition coefficient (Wildman–Crippen LogP) is 2.42. The van der Waals surface area contributed by atoms with Gasteiger partial charge in [0, 0.05) is 24.6 Å². The molecule has 1 N–H and O–H groups in total. The Bertz CT molecular complexity index is 587. The van der Waals surface area contributed by atoms with Gasteiger partial charge < -0.3 is 14.5 Å². The average molecular weight is 308 g/mol. The Labute approximate surface area is 129 Å². The van der Waals surface area contributed by atoms with E-state index in [1.165, 1.54) is 6.07 Å². The fourth-order valence-electron chi connectivity index (χ4n) is 3.15. The highest BCUT2D eigenvalue weighted by atomic mass is 19.1. The van der Waals surface area contributed by atoms with Crippen LogP contribution in [0.4, 0.5) is 9.18 Å². The van der Waals surface area contributed by atoms with Crippen molar-refractivity contribution >= 4 is 6.09 Å². The number of hydroxylamine groups is 1. The van der Waals surface area contributed by atoms with Gasteiger partial charge in [-0.25, -0.2) is 9.18 Å². The summed E-state index contributed by atoms with van der Waals surface area (Å²) in [5.41, 5.74) is 2.22. The summed E-state index contributed by atoms with van der Waals surface area (Å²) in [6.07, 6.45) is -0.376. The summed E-state index contributed by atoms with van der Waals surface area (Å²) in [6.45, 7) is 6.73. The van der Waals surface area contributed by atoms with Crippen LogP contribution < -0.4 is 5.48 Å². The van der Waals surface area contributed by atoms with Gasteiger partial charge in [0.15, 0.2) is 0 Å². The molecule has 1 amide bonds. The van der Waals surface area contributed by atoms with E-state index in [-0.39, 0.29) is 17.8 Å². The normalized spacial score (nSPS) is 27.8. The lowest BCUT2D eigenvalue weighted by molar-refractivity contribution is 0.0149. The Kier molecular flexibility index (Phi) is 3.61. The third-order valence-electron chi connectivity index (χ3n) is 4.12. The van der Waals surface area contributed by atoms with Gasteiger partial charge in [0.25, 0.3) is 0 Å². The van der Waals surface area contributed by atoms with Crippen LogP contribution in [0.15, 0.2) is 24.3 Å². The molecule has 6 heteroatoms. The predicted molar refractivity (Wildman–Crippen MR) is 78.5 cm³/mol. The van der Waals surface area contributed by atoms with E-state index in [9.17, 15) is 9.18 Å². The summed E-state index contributed by atoms with van der Waals surface area (Å²) in [5, 5.41) is 0. The molecule has 5 nitrogen and oxygen atoms in total. The molecule has 0 aliphatic carbocycles. The molecule has 0 aromatic heterocycles. The molecule has 0 spiro atoms. The first-order valence-corrected chi connectivity index (χ1v) is 7.44. The lowest BCUT2D eigenvalue weighted by atomic mass is 9.82. The van der Waals surface area contributed by atoms with Crippen molar-refractivity contribution < 1.29 is 18.8 Å². The second-order valence-electron chi connectivity index (χ2n) is 6.92. The summed E-state index contributed by atoms with van der Waals surface area (Å²) in [7, 11) is 0. The monoisotopic (exact) mass is 308 g/mol. The van der Waals surface area contributed by atoms with Crippen molar-refractivity contribution in [2.24, 2.45) is 5.92 Å². The number of carbonyl (C=O) groups excluding carboxylic acids is 1. The summed E-state index contributed by atoms with van der Waals surface area (Å²) < 4.78 is 19.7. The maximum absolute atomic E-state index is 14.2. The number of nitrogens with one attached hydrogen (secondary N) is 1. The fraction of sp³-hybridized carbons (Fsp3) is 0.562. The lowest BCUT2D eigenvalue weighted by Crippen LogP contribution is -2.45. The van der Waals surface area contributed by atoms with E-state index in [1.54, 1.807) is 23.1 Å². The highest BCUT2D eigenvalue weighted by Gasteiger charge is 2.54. The molecule has 22 heavy (non-hydrogen) atoms. The van der Waals surface area contributed by atoms with Crippen molar-refractivity contribution in [1.29, 1.82) is 0 Å². The highest BCUT2D eigenvalue weighted by Crippen LogP contribution is 2.42. The largest absolute Gasteiger partial charge is 0.444 e. The number of carbonyl (C=O) groups is 1. The first-order valence-electron chi connectivity index (χ1n) is 7.44. The van der Waals surface area contributed by atoms with Crippen LogP contribution in [-0.4, -0.2) is 36.3 Å². The van der Waals surface area contributed by atoms with Gasteiger partial charge in [0.2, 0.25) is 0 Å². The van der Waals surface area contributed by atoms with Crippen molar-refractivity contribution in [2.45, 2.75) is 31.9 Å². The van der Waals surface area contributed by atoms with Gasteiger partial charge in [-0.05, 0) is 26.8 Å². The van der Waals surface area contributed by atoms with E-state index in [0.29, 0.717) is 25.3 Å². The van der Waals surface area contributed by atoms with Crippen molar-refractivity contribution in [3.63, 3.8) is 0 Å². The van der Waals surface area contributed by atoms with Crippen LogP contribution in [0.5, 0.6) is 0 Å². The van der Waals surface area contributed by atoms with Gasteiger partial charge in [0.1, 0.15) is 11.4 Å². The number of hydrogen-bond acceptors (Lipinski definition) is 4. The smallest absolute Gasteiger partial charge is 0.410 e. The molecule has 2 aliphatic heterocycles. The van der Waals surface area contributed by atoms with E-state index in [0.717, 1.165) is 0 Å². The zero-order valence-electron chi connectivity index (χ0n) is 13.1. The number of rotatable bonds is 1. The molecule has 2 saturated heterocycles. The lowest BCUT2D eigenvalue weighted by Gasteiger charge is -2.29. The molecule has 120 valence electrons. The maximum Gasteiger partial charge on any atom is 0.410 e. The molecule has 3 rings (SSSR count). The molecule has 2 fully saturated rings. The quantitative estimate of drug-likeness (QED) is 0.865. The molecule has 1 aromatic rings. The number of likely N-dealkylation sites (tertiary alicyclic amines) is 1. The summed E-state index contributed by atoms with van der Waals surface area (Å²) in [6, 6.07) is 6.61. The van der Waals surface area contributed by atoms with Crippen LogP contribution in [-0.2, 0) is 15.1 Å². The van der Waals surface area contributed by atoms with Gasteiger partial charge in [-0.1, -0.05) is 18.2 Å². The Hall–Kier alpha value is -1.66. The van der Waals surface area contributed by atoms with Crippen LogP contribution in [0.2, 0.25) is 0 Å². The van der Waals surface area contributed by atoms with Gasteiger partial charge in [-0.2, -0.15) is 5.48 Å². The Morgan fingerprint density at radius 2 is 2.18 bits per heavy atom. The van der Waals surface area contributed by atoms with E-state index in [1.807, 2.05) is 20.8 Å². The van der Waals surface area contributed by atoms with Crippen LogP contribution in [0.1, 0.15) is 26.3 Å². The van der Waals surface area contributed by atoms with Gasteiger partial charge >= 0.3 is 6.09 Å². The van der Waals surface area contributed by atoms with Crippen LogP contribution in [0, 0.1) is 11.7 Å². The molecule has 0 radical (unpaired) electrons. The Morgan fingerprint density at radius 3 is 2.86 bits per heavy atom. The molecular formula is C16H21FN2O3. The van der Waals surface area contributed by atoms with Crippen molar-refractivity contribution in [3.8, 4) is 0 Å². The second-order valence-corrected chi connectivity index (χ2v) is 6.92. The first-order chi connectivity index (χ1) is 10.3. The number of nitrogens with zero attached hydrogens (tertiary/aromatic N) is 1. The number of fused-ring (bicyclic) bond motifs is 1. The van der Waals surface area contributed by atoms with E-state index >= 15 is 0 Å². The third kappa shape index (κ3) is 2.57. The van der Waals surface area contributed by atoms with Gasteiger partial charge in [-0.15, -0.1) is 0 Å². The first kappa shape index (κ1) is 15.2. The zero-order chi connectivity index (χ0) is 16.0. The molecule has 1 aromatic carbocycles. The van der Waals surface area contributed by atoms with Crippen molar-refractivity contribution in [1.82, 2.24) is 10.4 Å². The van der Waals surface area contributed by atoms with E-state index in [2.05, 4.69) is 5.48 Å². The molecule has 2 aliphatic rings. The van der Waals surface area contributed by atoms with E-state index < -0.39 is 11.1 Å². The van der Waals surface area contributed by atoms with E-state index in [4.69, 9.17) is 9.57 Å². The zero-order valence-corrected chi connectivity index (χ0v) is 13.1. The van der Waals surface area contributed by atoms with Crippen molar-refractivity contribution in [2.75, 3.05) is 19.7 Å². The SMILES string of the molecule is CC(C)(C)OC(=O)N1C[C@H]2CON[C@@]2(c2ccccc2F)C1. The average Bonchev–Trinajstić information content (AvgIpc) is 2.94. The maximum atomic E-state index is 14.2. The number of halogens is 1. The number of benzene rings is 1. The molecule has 2 atom stereocenters. The fourth-order valence-corrected chi connectivity index (χ4v) is 3.15. The molecule has 2 heterocycles.